The summed E-state index contributed by atoms with van der Waals surface area (Å²) in [7, 11) is 0. The molecule has 0 saturated carbocycles. The molecule has 0 atom stereocenters. The second kappa shape index (κ2) is 6.89. The molecule has 5 nitrogen and oxygen atoms in total. The number of hydrogen-bond donors (Lipinski definition) is 2. The maximum Gasteiger partial charge on any atom is 0.255 e. The summed E-state index contributed by atoms with van der Waals surface area (Å²) in [6.07, 6.45) is 1.72. The Bertz CT molecular complexity index is 887. The Labute approximate surface area is 163 Å². The average molecular weight is 384 g/mol. The molecule has 0 radical (unpaired) electrons. The van der Waals surface area contributed by atoms with Crippen LogP contribution in [-0.2, 0) is 11.2 Å². The molecule has 1 saturated heterocycles. The van der Waals surface area contributed by atoms with Crippen LogP contribution < -0.4 is 10.6 Å². The summed E-state index contributed by atoms with van der Waals surface area (Å²) in [5.41, 5.74) is 3.05. The maximum absolute atomic E-state index is 12.6. The van der Waals surface area contributed by atoms with E-state index < -0.39 is 5.66 Å². The Morgan fingerprint density at radius 1 is 1.11 bits per heavy atom. The SMILES string of the molecule is Cc1ccc(CC(=O)N2CCC3(CC2)NC(=O)c2ccc(Cl)cc2N3)cc1. The Morgan fingerprint density at radius 2 is 1.81 bits per heavy atom. The number of aryl methyl sites for hydroxylation is 1. The number of rotatable bonds is 2. The van der Waals surface area contributed by atoms with Gasteiger partial charge >= 0.3 is 0 Å². The molecular formula is C21H22ClN3O2. The quantitative estimate of drug-likeness (QED) is 0.835. The van der Waals surface area contributed by atoms with E-state index in [-0.39, 0.29) is 11.8 Å². The number of amides is 2. The second-order valence-corrected chi connectivity index (χ2v) is 7.83. The van der Waals surface area contributed by atoms with Crippen molar-refractivity contribution in [1.29, 1.82) is 0 Å². The van der Waals surface area contributed by atoms with Crippen molar-refractivity contribution in [3.63, 3.8) is 0 Å². The number of nitrogens with one attached hydrogen (secondary N) is 2. The molecular weight excluding hydrogens is 362 g/mol. The molecule has 2 aliphatic rings. The highest BCUT2D eigenvalue weighted by molar-refractivity contribution is 6.31. The van der Waals surface area contributed by atoms with Crippen LogP contribution in [0.25, 0.3) is 0 Å². The Hall–Kier alpha value is -2.53. The molecule has 2 amide bonds. The first-order valence-electron chi connectivity index (χ1n) is 9.18. The van der Waals surface area contributed by atoms with Crippen LogP contribution in [0.4, 0.5) is 5.69 Å². The molecule has 1 fully saturated rings. The fourth-order valence-corrected chi connectivity index (χ4v) is 3.94. The minimum atomic E-state index is -0.518. The average Bonchev–Trinajstić information content (AvgIpc) is 2.63. The van der Waals surface area contributed by atoms with Crippen molar-refractivity contribution in [3.8, 4) is 0 Å². The van der Waals surface area contributed by atoms with Crippen LogP contribution in [0.1, 0.15) is 34.3 Å². The van der Waals surface area contributed by atoms with Gasteiger partial charge in [0.2, 0.25) is 5.91 Å². The summed E-state index contributed by atoms with van der Waals surface area (Å²) in [5, 5.41) is 7.13. The van der Waals surface area contributed by atoms with E-state index in [1.54, 1.807) is 18.2 Å². The van der Waals surface area contributed by atoms with E-state index in [1.807, 2.05) is 36.1 Å². The first-order valence-corrected chi connectivity index (χ1v) is 9.55. The highest BCUT2D eigenvalue weighted by atomic mass is 35.5. The maximum atomic E-state index is 12.6. The molecule has 27 heavy (non-hydrogen) atoms. The van der Waals surface area contributed by atoms with E-state index in [9.17, 15) is 9.59 Å². The lowest BCUT2D eigenvalue weighted by Crippen LogP contribution is -2.62. The van der Waals surface area contributed by atoms with Crippen LogP contribution in [0.2, 0.25) is 5.02 Å². The van der Waals surface area contributed by atoms with Crippen molar-refractivity contribution < 1.29 is 9.59 Å². The monoisotopic (exact) mass is 383 g/mol. The highest BCUT2D eigenvalue weighted by Crippen LogP contribution is 2.33. The van der Waals surface area contributed by atoms with E-state index >= 15 is 0 Å². The topological polar surface area (TPSA) is 61.4 Å². The Balaban J connectivity index is 1.42. The molecule has 2 heterocycles. The summed E-state index contributed by atoms with van der Waals surface area (Å²) in [6.45, 7) is 3.24. The van der Waals surface area contributed by atoms with Crippen LogP contribution in [-0.4, -0.2) is 35.5 Å². The number of likely N-dealkylation sites (tertiary alicyclic amines) is 1. The van der Waals surface area contributed by atoms with Crippen LogP contribution >= 0.6 is 11.6 Å². The molecule has 0 bridgehead atoms. The fourth-order valence-electron chi connectivity index (χ4n) is 3.77. The third kappa shape index (κ3) is 3.65. The predicted octanol–water partition coefficient (Wildman–Crippen LogP) is 3.37. The first kappa shape index (κ1) is 17.9. The minimum Gasteiger partial charge on any atom is -0.362 e. The molecule has 2 aromatic carbocycles. The molecule has 2 aromatic rings. The van der Waals surface area contributed by atoms with Crippen molar-refractivity contribution in [2.75, 3.05) is 18.4 Å². The number of halogens is 1. The van der Waals surface area contributed by atoms with Gasteiger partial charge in [-0.05, 0) is 30.7 Å². The molecule has 2 aliphatic heterocycles. The number of carbonyl (C=O) groups excluding carboxylic acids is 2. The van der Waals surface area contributed by atoms with Gasteiger partial charge in [0, 0.05) is 31.0 Å². The van der Waals surface area contributed by atoms with Gasteiger partial charge in [-0.3, -0.25) is 9.59 Å². The number of anilines is 1. The van der Waals surface area contributed by atoms with E-state index in [0.29, 0.717) is 42.9 Å². The second-order valence-electron chi connectivity index (χ2n) is 7.39. The Morgan fingerprint density at radius 3 is 2.52 bits per heavy atom. The van der Waals surface area contributed by atoms with E-state index in [0.717, 1.165) is 11.3 Å². The third-order valence-electron chi connectivity index (χ3n) is 5.40. The van der Waals surface area contributed by atoms with Gasteiger partial charge in [0.25, 0.3) is 5.91 Å². The number of carbonyl (C=O) groups is 2. The zero-order chi connectivity index (χ0) is 19.0. The van der Waals surface area contributed by atoms with Crippen LogP contribution in [0.5, 0.6) is 0 Å². The Kier molecular flexibility index (Phi) is 4.56. The molecule has 0 aliphatic carbocycles. The molecule has 0 aromatic heterocycles. The molecule has 1 spiro atoms. The van der Waals surface area contributed by atoms with Gasteiger partial charge in [-0.2, -0.15) is 0 Å². The van der Waals surface area contributed by atoms with Gasteiger partial charge in [0.1, 0.15) is 5.66 Å². The summed E-state index contributed by atoms with van der Waals surface area (Å²) < 4.78 is 0. The standard InChI is InChI=1S/C21H22ClN3O2/c1-14-2-4-15(5-3-14)12-19(26)25-10-8-21(9-11-25)23-18-13-16(22)6-7-17(18)20(27)24-21/h2-7,13,23H,8-12H2,1H3,(H,24,27). The summed E-state index contributed by atoms with van der Waals surface area (Å²) in [4.78, 5) is 27.0. The van der Waals surface area contributed by atoms with Gasteiger partial charge < -0.3 is 15.5 Å². The van der Waals surface area contributed by atoms with Gasteiger partial charge in [-0.25, -0.2) is 0 Å². The zero-order valence-electron chi connectivity index (χ0n) is 15.2. The molecule has 140 valence electrons. The number of fused-ring (bicyclic) bond motifs is 1. The summed E-state index contributed by atoms with van der Waals surface area (Å²) >= 11 is 6.08. The van der Waals surface area contributed by atoms with E-state index in [2.05, 4.69) is 10.6 Å². The first-order chi connectivity index (χ1) is 12.9. The van der Waals surface area contributed by atoms with Crippen molar-refractivity contribution in [2.45, 2.75) is 31.8 Å². The summed E-state index contributed by atoms with van der Waals surface area (Å²) in [6, 6.07) is 13.3. The fraction of sp³-hybridized carbons (Fsp3) is 0.333. The summed E-state index contributed by atoms with van der Waals surface area (Å²) in [5.74, 6) is 0.0270. The highest BCUT2D eigenvalue weighted by Gasteiger charge is 2.40. The molecule has 2 N–H and O–H groups in total. The normalized spacial score (nSPS) is 17.9. The molecule has 0 unspecified atom stereocenters. The number of nitrogens with zero attached hydrogens (tertiary/aromatic N) is 1. The van der Waals surface area contributed by atoms with Gasteiger partial charge in [-0.15, -0.1) is 0 Å². The van der Waals surface area contributed by atoms with E-state index in [1.165, 1.54) is 5.56 Å². The van der Waals surface area contributed by atoms with E-state index in [4.69, 9.17) is 11.6 Å². The lowest BCUT2D eigenvalue weighted by atomic mass is 9.92. The van der Waals surface area contributed by atoms with Gasteiger partial charge in [0.15, 0.2) is 0 Å². The number of benzene rings is 2. The smallest absolute Gasteiger partial charge is 0.255 e. The van der Waals surface area contributed by atoms with Gasteiger partial charge in [-0.1, -0.05) is 41.4 Å². The van der Waals surface area contributed by atoms with Crippen molar-refractivity contribution >= 4 is 29.1 Å². The predicted molar refractivity (Wildman–Crippen MR) is 106 cm³/mol. The van der Waals surface area contributed by atoms with Crippen LogP contribution in [0.3, 0.4) is 0 Å². The largest absolute Gasteiger partial charge is 0.362 e. The third-order valence-corrected chi connectivity index (χ3v) is 5.63. The van der Waals surface area contributed by atoms with Crippen LogP contribution in [0, 0.1) is 6.92 Å². The lowest BCUT2D eigenvalue weighted by molar-refractivity contribution is -0.132. The number of piperidine rings is 1. The van der Waals surface area contributed by atoms with Crippen molar-refractivity contribution in [2.24, 2.45) is 0 Å². The zero-order valence-corrected chi connectivity index (χ0v) is 16.0. The van der Waals surface area contributed by atoms with Crippen LogP contribution in [0.15, 0.2) is 42.5 Å². The number of hydrogen-bond acceptors (Lipinski definition) is 3. The molecule has 6 heteroatoms. The van der Waals surface area contributed by atoms with Crippen molar-refractivity contribution in [3.05, 3.63) is 64.2 Å². The molecule has 4 rings (SSSR count). The van der Waals surface area contributed by atoms with Gasteiger partial charge in [0.05, 0.1) is 17.7 Å². The minimum absolute atomic E-state index is 0.0974. The van der Waals surface area contributed by atoms with Crippen molar-refractivity contribution in [1.82, 2.24) is 10.2 Å². The lowest BCUT2D eigenvalue weighted by Gasteiger charge is -2.46.